The van der Waals surface area contributed by atoms with Gasteiger partial charge in [0, 0.05) is 18.5 Å². The zero-order valence-electron chi connectivity index (χ0n) is 19.9. The molecular weight excluding hydrogens is 516 g/mol. The lowest BCUT2D eigenvalue weighted by Crippen LogP contribution is -2.51. The Balaban J connectivity index is 1.43. The highest BCUT2D eigenvalue weighted by molar-refractivity contribution is 7.08. The van der Waals surface area contributed by atoms with Gasteiger partial charge in [-0.3, -0.25) is 28.9 Å². The van der Waals surface area contributed by atoms with E-state index in [1.54, 1.807) is 35.0 Å². The summed E-state index contributed by atoms with van der Waals surface area (Å²) in [6.45, 7) is -0.418. The molecule has 0 spiro atoms. The second-order valence-electron chi connectivity index (χ2n) is 8.33. The lowest BCUT2D eigenvalue weighted by molar-refractivity contribution is -0.139. The smallest absolute Gasteiger partial charge is 0.303 e. The molecule has 3 heterocycles. The lowest BCUT2D eigenvalue weighted by atomic mass is 10.1. The zero-order valence-corrected chi connectivity index (χ0v) is 20.7. The van der Waals surface area contributed by atoms with Crippen LogP contribution < -0.4 is 20.9 Å². The van der Waals surface area contributed by atoms with E-state index in [1.807, 2.05) is 6.07 Å². The Hall–Kier alpha value is -4.66. The molecule has 4 rings (SSSR count). The number of fused-ring (bicyclic) bond motifs is 1. The molecule has 1 aliphatic heterocycles. The zero-order chi connectivity index (χ0) is 27.1. The van der Waals surface area contributed by atoms with Crippen molar-refractivity contribution >= 4 is 46.6 Å². The van der Waals surface area contributed by atoms with Crippen molar-refractivity contribution in [1.29, 1.82) is 0 Å². The average Bonchev–Trinajstić information content (AvgIpc) is 3.68. The van der Waals surface area contributed by atoms with Gasteiger partial charge in [0.15, 0.2) is 5.82 Å². The number of hydrogen-bond donors (Lipinski definition) is 5. The minimum Gasteiger partial charge on any atom is -0.481 e. The molecule has 0 aliphatic carbocycles. The van der Waals surface area contributed by atoms with Crippen molar-refractivity contribution in [3.8, 4) is 0 Å². The van der Waals surface area contributed by atoms with Crippen LogP contribution in [0.4, 0.5) is 5.69 Å². The van der Waals surface area contributed by atoms with Gasteiger partial charge in [-0.15, -0.1) is 10.2 Å². The number of para-hydroxylation sites is 1. The van der Waals surface area contributed by atoms with Gasteiger partial charge in [0.05, 0.1) is 19.5 Å². The Morgan fingerprint density at radius 2 is 1.95 bits per heavy atom. The molecule has 1 aromatic carbocycles. The predicted octanol–water partition coefficient (Wildman–Crippen LogP) is -0.326. The fourth-order valence-electron chi connectivity index (χ4n) is 3.99. The van der Waals surface area contributed by atoms with Crippen molar-refractivity contribution in [1.82, 2.24) is 36.6 Å². The highest BCUT2D eigenvalue weighted by Crippen LogP contribution is 2.32. The maximum atomic E-state index is 13.3. The van der Waals surface area contributed by atoms with Gasteiger partial charge in [-0.1, -0.05) is 23.4 Å². The maximum absolute atomic E-state index is 13.3. The molecule has 0 unspecified atom stereocenters. The molecule has 0 radical (unpaired) electrons. The number of aromatic nitrogens is 4. The van der Waals surface area contributed by atoms with Crippen molar-refractivity contribution < 1.29 is 29.1 Å². The van der Waals surface area contributed by atoms with Gasteiger partial charge in [0.25, 0.3) is 0 Å². The van der Waals surface area contributed by atoms with Crippen LogP contribution in [-0.2, 0) is 36.9 Å². The summed E-state index contributed by atoms with van der Waals surface area (Å²) in [4.78, 5) is 63.7. The highest BCUT2D eigenvalue weighted by atomic mass is 32.1. The van der Waals surface area contributed by atoms with E-state index in [1.165, 1.54) is 16.2 Å². The number of thiophene rings is 1. The molecule has 0 fully saturated rings. The first-order valence-electron chi connectivity index (χ1n) is 11.5. The van der Waals surface area contributed by atoms with Crippen LogP contribution in [0, 0.1) is 0 Å². The first kappa shape index (κ1) is 26.4. The van der Waals surface area contributed by atoms with E-state index in [-0.39, 0.29) is 31.6 Å². The van der Waals surface area contributed by atoms with Crippen molar-refractivity contribution in [2.75, 3.05) is 11.4 Å². The number of hydrogen-bond acceptors (Lipinski definition) is 9. The Kier molecular flexibility index (Phi) is 8.37. The Morgan fingerprint density at radius 1 is 1.13 bits per heavy atom. The number of carboxylic acids is 1. The number of rotatable bonds is 11. The van der Waals surface area contributed by atoms with E-state index >= 15 is 0 Å². The molecule has 0 saturated heterocycles. The minimum atomic E-state index is -1.14. The summed E-state index contributed by atoms with van der Waals surface area (Å²) < 4.78 is 0. The Labute approximate surface area is 219 Å². The average molecular weight is 541 g/mol. The quantitative estimate of drug-likeness (QED) is 0.216. The van der Waals surface area contributed by atoms with Crippen LogP contribution in [0.25, 0.3) is 0 Å². The van der Waals surface area contributed by atoms with Crippen LogP contribution >= 0.6 is 11.3 Å². The minimum absolute atomic E-state index is 0.0187. The molecular formula is C23H24N8O6S. The van der Waals surface area contributed by atoms with E-state index in [0.29, 0.717) is 11.3 Å². The van der Waals surface area contributed by atoms with Crippen LogP contribution in [0.1, 0.15) is 35.8 Å². The Bertz CT molecular complexity index is 1310. The number of H-pyrrole nitrogens is 1. The van der Waals surface area contributed by atoms with Gasteiger partial charge in [-0.25, -0.2) is 0 Å². The van der Waals surface area contributed by atoms with E-state index in [2.05, 4.69) is 36.6 Å². The molecule has 2 aromatic heterocycles. The first-order valence-corrected chi connectivity index (χ1v) is 12.5. The van der Waals surface area contributed by atoms with Gasteiger partial charge in [-0.05, 0) is 34.0 Å². The standard InChI is InChI=1S/C23H24N8O6S/c32-18(5-6-20(34)35)26-21(14-7-8-38-12-14)23(37)25-11-19(33)31-15-4-2-1-3-13(15)9-16(31)22(36)24-10-17-27-29-30-28-17/h1-4,7-8,12,16,21H,5-6,9-11H2,(H,24,36)(H,25,37)(H,26,32)(H,34,35)(H,27,28,29,30)/t16-,21-/m0/s1. The fraction of sp³-hybridized carbons (Fsp3) is 0.304. The first-order chi connectivity index (χ1) is 18.3. The molecule has 4 amide bonds. The van der Waals surface area contributed by atoms with Crippen molar-refractivity contribution in [2.45, 2.75) is 37.9 Å². The highest BCUT2D eigenvalue weighted by Gasteiger charge is 2.38. The van der Waals surface area contributed by atoms with Crippen LogP contribution in [0.15, 0.2) is 41.1 Å². The summed E-state index contributed by atoms with van der Waals surface area (Å²) in [5.74, 6) is -3.06. The van der Waals surface area contributed by atoms with Gasteiger partial charge >= 0.3 is 5.97 Å². The van der Waals surface area contributed by atoms with E-state index in [4.69, 9.17) is 5.11 Å². The molecule has 0 saturated carbocycles. The molecule has 2 atom stereocenters. The number of carbonyl (C=O) groups excluding carboxylic acids is 4. The molecule has 198 valence electrons. The SMILES string of the molecule is O=C(O)CCC(=O)N[C@H](C(=O)NCC(=O)N1c2ccccc2C[C@H]1C(=O)NCc1nn[nH]n1)c1ccsc1. The topological polar surface area (TPSA) is 199 Å². The van der Waals surface area contributed by atoms with Gasteiger partial charge in [0.1, 0.15) is 12.1 Å². The fourth-order valence-corrected chi connectivity index (χ4v) is 4.67. The number of nitrogens with zero attached hydrogens (tertiary/aromatic N) is 4. The number of benzene rings is 1. The third-order valence-electron chi connectivity index (χ3n) is 5.78. The molecule has 0 bridgehead atoms. The second-order valence-corrected chi connectivity index (χ2v) is 9.11. The van der Waals surface area contributed by atoms with Crippen LogP contribution in [0.5, 0.6) is 0 Å². The second kappa shape index (κ2) is 12.1. The largest absolute Gasteiger partial charge is 0.481 e. The number of carboxylic acid groups (broad SMARTS) is 1. The number of anilines is 1. The number of aliphatic carboxylic acids is 1. The van der Waals surface area contributed by atoms with Crippen LogP contribution in [-0.4, -0.2) is 67.9 Å². The van der Waals surface area contributed by atoms with Crippen LogP contribution in [0.3, 0.4) is 0 Å². The van der Waals surface area contributed by atoms with E-state index in [9.17, 15) is 24.0 Å². The number of nitrogens with one attached hydrogen (secondary N) is 4. The summed E-state index contributed by atoms with van der Waals surface area (Å²) in [5, 5.41) is 33.3. The van der Waals surface area contributed by atoms with Gasteiger partial charge < -0.3 is 21.1 Å². The van der Waals surface area contributed by atoms with E-state index < -0.39 is 48.2 Å². The molecule has 3 aromatic rings. The summed E-state index contributed by atoms with van der Waals surface area (Å²) in [6, 6.07) is 6.77. The summed E-state index contributed by atoms with van der Waals surface area (Å²) in [6.07, 6.45) is -0.397. The number of carbonyl (C=O) groups is 5. The van der Waals surface area contributed by atoms with Crippen molar-refractivity contribution in [2.24, 2.45) is 0 Å². The monoisotopic (exact) mass is 540 g/mol. The lowest BCUT2D eigenvalue weighted by Gasteiger charge is -2.25. The molecule has 5 N–H and O–H groups in total. The molecule has 38 heavy (non-hydrogen) atoms. The van der Waals surface area contributed by atoms with Gasteiger partial charge in [0.2, 0.25) is 23.6 Å². The number of tetrazole rings is 1. The molecule has 1 aliphatic rings. The van der Waals surface area contributed by atoms with Crippen molar-refractivity contribution in [3.05, 3.63) is 58.0 Å². The number of aromatic amines is 1. The van der Waals surface area contributed by atoms with Crippen LogP contribution in [0.2, 0.25) is 0 Å². The summed E-state index contributed by atoms with van der Waals surface area (Å²) >= 11 is 1.31. The maximum Gasteiger partial charge on any atom is 0.303 e. The van der Waals surface area contributed by atoms with Crippen molar-refractivity contribution in [3.63, 3.8) is 0 Å². The number of amides is 4. The summed E-state index contributed by atoms with van der Waals surface area (Å²) in [5.41, 5.74) is 1.85. The predicted molar refractivity (Wildman–Crippen MR) is 133 cm³/mol. The Morgan fingerprint density at radius 3 is 2.66 bits per heavy atom. The van der Waals surface area contributed by atoms with E-state index in [0.717, 1.165) is 5.56 Å². The third-order valence-corrected chi connectivity index (χ3v) is 6.48. The molecule has 14 nitrogen and oxygen atoms in total. The molecule has 15 heteroatoms. The third kappa shape index (κ3) is 6.36. The van der Waals surface area contributed by atoms with Gasteiger partial charge in [-0.2, -0.15) is 16.6 Å². The summed E-state index contributed by atoms with van der Waals surface area (Å²) in [7, 11) is 0. The normalized spacial score (nSPS) is 14.8.